The number of aryl methyl sites for hydroxylation is 1. The molecular weight excluding hydrogens is 206 g/mol. The van der Waals surface area contributed by atoms with Crippen molar-refractivity contribution in [3.8, 4) is 0 Å². The van der Waals surface area contributed by atoms with Crippen LogP contribution in [0.3, 0.4) is 0 Å². The van der Waals surface area contributed by atoms with Crippen molar-refractivity contribution in [1.29, 1.82) is 0 Å². The van der Waals surface area contributed by atoms with Crippen molar-refractivity contribution >= 4 is 10.8 Å². The lowest BCUT2D eigenvalue weighted by molar-refractivity contribution is 0.669. The molecule has 15 heavy (non-hydrogen) atoms. The van der Waals surface area contributed by atoms with Crippen LogP contribution in [-0.4, -0.2) is 23.1 Å². The molecule has 0 aliphatic heterocycles. The molecule has 1 atom stereocenters. The lowest BCUT2D eigenvalue weighted by Gasteiger charge is -2.04. The molecule has 0 saturated carbocycles. The van der Waals surface area contributed by atoms with Crippen molar-refractivity contribution in [2.45, 2.75) is 25.2 Å². The Morgan fingerprint density at radius 3 is 2.47 bits per heavy atom. The Labute approximate surface area is 94.5 Å². The molecule has 0 radical (unpaired) electrons. The zero-order chi connectivity index (χ0) is 11.1. The van der Waals surface area contributed by atoms with Gasteiger partial charge in [-0.15, -0.1) is 0 Å². The maximum Gasteiger partial charge on any atom is 0.0542 e. The summed E-state index contributed by atoms with van der Waals surface area (Å²) in [5, 5.41) is 3.25. The van der Waals surface area contributed by atoms with Gasteiger partial charge in [0.25, 0.3) is 0 Å². The molecule has 0 aliphatic carbocycles. The zero-order valence-electron chi connectivity index (χ0n) is 9.45. The third-order valence-corrected chi connectivity index (χ3v) is 3.55. The summed E-state index contributed by atoms with van der Waals surface area (Å²) in [6.45, 7) is 6.00. The minimum absolute atomic E-state index is 0.697. The van der Waals surface area contributed by atoms with Gasteiger partial charge in [0.2, 0.25) is 0 Å². The van der Waals surface area contributed by atoms with Crippen LogP contribution < -0.4 is 5.32 Å². The van der Waals surface area contributed by atoms with E-state index in [2.05, 4.69) is 12.2 Å². The fourth-order valence-electron chi connectivity index (χ4n) is 1.27. The summed E-state index contributed by atoms with van der Waals surface area (Å²) < 4.78 is 11.8. The van der Waals surface area contributed by atoms with Crippen LogP contribution in [0.1, 0.15) is 18.9 Å². The Morgan fingerprint density at radius 2 is 1.87 bits per heavy atom. The van der Waals surface area contributed by atoms with Gasteiger partial charge in [0.05, 0.1) is 10.8 Å². The predicted octanol–water partition coefficient (Wildman–Crippen LogP) is 2.10. The minimum atomic E-state index is -0.858. The third kappa shape index (κ3) is 4.58. The van der Waals surface area contributed by atoms with E-state index in [4.69, 9.17) is 0 Å². The molecule has 1 aromatic rings. The number of hydrogen-bond donors (Lipinski definition) is 1. The highest BCUT2D eigenvalue weighted by atomic mass is 32.2. The largest absolute Gasteiger partial charge is 0.316 e. The van der Waals surface area contributed by atoms with Crippen molar-refractivity contribution < 1.29 is 4.21 Å². The van der Waals surface area contributed by atoms with E-state index in [-0.39, 0.29) is 0 Å². The van der Waals surface area contributed by atoms with Crippen LogP contribution >= 0.6 is 0 Å². The fourth-order valence-corrected chi connectivity index (χ4v) is 2.28. The lowest BCUT2D eigenvalue weighted by atomic mass is 10.2. The van der Waals surface area contributed by atoms with E-state index in [1.165, 1.54) is 5.56 Å². The second-order valence-corrected chi connectivity index (χ2v) is 5.18. The molecule has 84 valence electrons. The number of nitrogens with one attached hydrogen (secondary N) is 1. The molecule has 0 amide bonds. The summed E-state index contributed by atoms with van der Waals surface area (Å²) in [6.07, 6.45) is 1.12. The van der Waals surface area contributed by atoms with Crippen molar-refractivity contribution in [1.82, 2.24) is 5.32 Å². The highest BCUT2D eigenvalue weighted by molar-refractivity contribution is 7.85. The summed E-state index contributed by atoms with van der Waals surface area (Å²) >= 11 is 0. The zero-order valence-corrected chi connectivity index (χ0v) is 10.3. The van der Waals surface area contributed by atoms with Crippen molar-refractivity contribution in [2.24, 2.45) is 0 Å². The quantitative estimate of drug-likeness (QED) is 0.751. The van der Waals surface area contributed by atoms with Crippen molar-refractivity contribution in [3.63, 3.8) is 0 Å². The normalized spacial score (nSPS) is 12.7. The molecular formula is C12H19NOS. The van der Waals surface area contributed by atoms with Crippen LogP contribution in [0.15, 0.2) is 29.2 Å². The molecule has 2 nitrogen and oxygen atoms in total. The number of benzene rings is 1. The molecule has 0 saturated heterocycles. The predicted molar refractivity (Wildman–Crippen MR) is 65.6 cm³/mol. The SMILES string of the molecule is CCCNCCS(=O)c1ccc(C)cc1. The van der Waals surface area contributed by atoms with Gasteiger partial charge in [-0.2, -0.15) is 0 Å². The smallest absolute Gasteiger partial charge is 0.0542 e. The van der Waals surface area contributed by atoms with Gasteiger partial charge >= 0.3 is 0 Å². The fraction of sp³-hybridized carbons (Fsp3) is 0.500. The van der Waals surface area contributed by atoms with Crippen LogP contribution in [0.2, 0.25) is 0 Å². The van der Waals surface area contributed by atoms with Crippen LogP contribution in [0.4, 0.5) is 0 Å². The maximum absolute atomic E-state index is 11.8. The standard InChI is InChI=1S/C12H19NOS/c1-3-8-13-9-10-15(14)12-6-4-11(2)5-7-12/h4-7,13H,3,8-10H2,1-2H3. The van der Waals surface area contributed by atoms with Gasteiger partial charge < -0.3 is 5.32 Å². The first-order valence-electron chi connectivity index (χ1n) is 5.40. The molecule has 1 aromatic carbocycles. The van der Waals surface area contributed by atoms with Gasteiger partial charge in [-0.1, -0.05) is 24.6 Å². The monoisotopic (exact) mass is 225 g/mol. The van der Waals surface area contributed by atoms with Gasteiger partial charge in [0.15, 0.2) is 0 Å². The van der Waals surface area contributed by atoms with Crippen LogP contribution in [0.5, 0.6) is 0 Å². The molecule has 0 aliphatic rings. The van der Waals surface area contributed by atoms with Gasteiger partial charge in [-0.3, -0.25) is 4.21 Å². The van der Waals surface area contributed by atoms with Crippen LogP contribution in [0.25, 0.3) is 0 Å². The highest BCUT2D eigenvalue weighted by Crippen LogP contribution is 2.07. The summed E-state index contributed by atoms with van der Waals surface area (Å²) in [4.78, 5) is 0.930. The second-order valence-electron chi connectivity index (χ2n) is 3.61. The minimum Gasteiger partial charge on any atom is -0.316 e. The van der Waals surface area contributed by atoms with Crippen LogP contribution in [0, 0.1) is 6.92 Å². The summed E-state index contributed by atoms with van der Waals surface area (Å²) in [5.74, 6) is 0.697. The number of hydrogen-bond acceptors (Lipinski definition) is 2. The molecule has 0 aromatic heterocycles. The van der Waals surface area contributed by atoms with E-state index in [9.17, 15) is 4.21 Å². The first-order valence-corrected chi connectivity index (χ1v) is 6.71. The molecule has 1 N–H and O–H groups in total. The molecule has 3 heteroatoms. The van der Waals surface area contributed by atoms with E-state index in [0.29, 0.717) is 5.75 Å². The lowest BCUT2D eigenvalue weighted by Crippen LogP contribution is -2.21. The Balaban J connectivity index is 2.37. The number of rotatable bonds is 6. The van der Waals surface area contributed by atoms with E-state index in [1.807, 2.05) is 31.2 Å². The van der Waals surface area contributed by atoms with Crippen LogP contribution in [-0.2, 0) is 10.8 Å². The Hall–Kier alpha value is -0.670. The molecule has 0 bridgehead atoms. The van der Waals surface area contributed by atoms with Gasteiger partial charge in [-0.25, -0.2) is 0 Å². The molecule has 1 unspecified atom stereocenters. The van der Waals surface area contributed by atoms with Gasteiger partial charge in [0.1, 0.15) is 0 Å². The Morgan fingerprint density at radius 1 is 1.20 bits per heavy atom. The van der Waals surface area contributed by atoms with Gasteiger partial charge in [0, 0.05) is 17.2 Å². The average Bonchev–Trinajstić information content (AvgIpc) is 2.25. The first kappa shape index (κ1) is 12.4. The molecule has 0 heterocycles. The third-order valence-electron chi connectivity index (χ3n) is 2.17. The van der Waals surface area contributed by atoms with E-state index in [0.717, 1.165) is 24.4 Å². The summed E-state index contributed by atoms with van der Waals surface area (Å²) in [6, 6.07) is 7.91. The second kappa shape index (κ2) is 6.75. The van der Waals surface area contributed by atoms with Gasteiger partial charge in [-0.05, 0) is 32.0 Å². The Kier molecular flexibility index (Phi) is 5.58. The molecule has 0 fully saturated rings. The Bertz CT molecular complexity index is 308. The van der Waals surface area contributed by atoms with Crippen molar-refractivity contribution in [2.75, 3.05) is 18.8 Å². The maximum atomic E-state index is 11.8. The van der Waals surface area contributed by atoms with E-state index in [1.54, 1.807) is 0 Å². The van der Waals surface area contributed by atoms with Crippen molar-refractivity contribution in [3.05, 3.63) is 29.8 Å². The van der Waals surface area contributed by atoms with E-state index >= 15 is 0 Å². The highest BCUT2D eigenvalue weighted by Gasteiger charge is 2.02. The first-order chi connectivity index (χ1) is 7.24. The summed E-state index contributed by atoms with van der Waals surface area (Å²) in [5.41, 5.74) is 1.21. The topological polar surface area (TPSA) is 29.1 Å². The van der Waals surface area contributed by atoms with E-state index < -0.39 is 10.8 Å². The molecule has 1 rings (SSSR count). The molecule has 0 spiro atoms. The summed E-state index contributed by atoms with van der Waals surface area (Å²) in [7, 11) is -0.858. The average molecular weight is 225 g/mol.